The van der Waals surface area contributed by atoms with E-state index in [-0.39, 0.29) is 5.54 Å². The quantitative estimate of drug-likeness (QED) is 0.844. The van der Waals surface area contributed by atoms with Gasteiger partial charge in [-0.1, -0.05) is 0 Å². The van der Waals surface area contributed by atoms with E-state index in [4.69, 9.17) is 4.74 Å². The maximum absolute atomic E-state index is 5.74. The molecule has 2 atom stereocenters. The molecule has 0 saturated carbocycles. The fourth-order valence-corrected chi connectivity index (χ4v) is 3.16. The lowest BCUT2D eigenvalue weighted by Gasteiger charge is -2.42. The number of rotatable bonds is 4. The van der Waals surface area contributed by atoms with Crippen LogP contribution in [0.15, 0.2) is 0 Å². The standard InChI is InChI=1S/C16H33N3O/c1-14-10-19(8-7-18(14)5)12-16(6-9-20-13-16)11-17-15(2,3)4/h14,17H,6-13H2,1-5H3. The molecular formula is C16H33N3O. The highest BCUT2D eigenvalue weighted by Gasteiger charge is 2.38. The molecule has 4 heteroatoms. The molecular weight excluding hydrogens is 250 g/mol. The van der Waals surface area contributed by atoms with Gasteiger partial charge in [0.25, 0.3) is 0 Å². The molecule has 0 aliphatic carbocycles. The summed E-state index contributed by atoms with van der Waals surface area (Å²) in [6.07, 6.45) is 1.19. The molecule has 2 rings (SSSR count). The lowest BCUT2D eigenvalue weighted by Crippen LogP contribution is -2.55. The highest BCUT2D eigenvalue weighted by molar-refractivity contribution is 4.92. The van der Waals surface area contributed by atoms with Gasteiger partial charge in [0.15, 0.2) is 0 Å². The molecule has 2 saturated heterocycles. The Balaban J connectivity index is 1.92. The van der Waals surface area contributed by atoms with Crippen LogP contribution in [0.5, 0.6) is 0 Å². The molecule has 4 nitrogen and oxygen atoms in total. The van der Waals surface area contributed by atoms with Crippen LogP contribution in [0.3, 0.4) is 0 Å². The van der Waals surface area contributed by atoms with Crippen LogP contribution in [0.4, 0.5) is 0 Å². The maximum Gasteiger partial charge on any atom is 0.0547 e. The van der Waals surface area contributed by atoms with Crippen molar-refractivity contribution < 1.29 is 4.74 Å². The molecule has 0 radical (unpaired) electrons. The van der Waals surface area contributed by atoms with Gasteiger partial charge in [-0.05, 0) is 41.2 Å². The molecule has 0 aromatic heterocycles. The topological polar surface area (TPSA) is 27.7 Å². The number of hydrogen-bond donors (Lipinski definition) is 1. The number of hydrogen-bond acceptors (Lipinski definition) is 4. The van der Waals surface area contributed by atoms with Crippen LogP contribution in [0.25, 0.3) is 0 Å². The third-order valence-electron chi connectivity index (χ3n) is 4.78. The smallest absolute Gasteiger partial charge is 0.0547 e. The number of piperazine rings is 1. The van der Waals surface area contributed by atoms with E-state index >= 15 is 0 Å². The van der Waals surface area contributed by atoms with E-state index in [1.165, 1.54) is 32.6 Å². The molecule has 2 heterocycles. The molecule has 0 bridgehead atoms. The van der Waals surface area contributed by atoms with Crippen molar-refractivity contribution in [3.05, 3.63) is 0 Å². The summed E-state index contributed by atoms with van der Waals surface area (Å²) in [6.45, 7) is 16.7. The molecule has 0 aromatic rings. The van der Waals surface area contributed by atoms with Gasteiger partial charge in [-0.15, -0.1) is 0 Å². The van der Waals surface area contributed by atoms with Crippen LogP contribution in [0, 0.1) is 5.41 Å². The summed E-state index contributed by atoms with van der Waals surface area (Å²) >= 11 is 0. The van der Waals surface area contributed by atoms with Gasteiger partial charge in [-0.2, -0.15) is 0 Å². The average molecular weight is 283 g/mol. The predicted molar refractivity (Wildman–Crippen MR) is 84.2 cm³/mol. The first kappa shape index (κ1) is 16.2. The summed E-state index contributed by atoms with van der Waals surface area (Å²) in [5, 5.41) is 3.70. The molecule has 2 unspecified atom stereocenters. The van der Waals surface area contributed by atoms with Gasteiger partial charge in [0.2, 0.25) is 0 Å². The van der Waals surface area contributed by atoms with Gasteiger partial charge >= 0.3 is 0 Å². The Morgan fingerprint density at radius 1 is 1.30 bits per heavy atom. The zero-order valence-corrected chi connectivity index (χ0v) is 14.0. The second-order valence-electron chi connectivity index (χ2n) is 7.97. The maximum atomic E-state index is 5.74. The van der Waals surface area contributed by atoms with Crippen molar-refractivity contribution in [1.29, 1.82) is 0 Å². The van der Waals surface area contributed by atoms with Gasteiger partial charge in [0.05, 0.1) is 6.61 Å². The minimum atomic E-state index is 0.186. The van der Waals surface area contributed by atoms with Gasteiger partial charge in [0.1, 0.15) is 0 Å². The van der Waals surface area contributed by atoms with E-state index in [0.29, 0.717) is 11.5 Å². The van der Waals surface area contributed by atoms with E-state index in [9.17, 15) is 0 Å². The average Bonchev–Trinajstić information content (AvgIpc) is 2.80. The van der Waals surface area contributed by atoms with E-state index in [2.05, 4.69) is 49.9 Å². The Morgan fingerprint density at radius 3 is 2.60 bits per heavy atom. The number of likely N-dealkylation sites (N-methyl/N-ethyl adjacent to an activating group) is 1. The predicted octanol–water partition coefficient (Wildman–Crippen LogP) is 1.42. The van der Waals surface area contributed by atoms with E-state index in [0.717, 1.165) is 19.8 Å². The minimum Gasteiger partial charge on any atom is -0.381 e. The molecule has 0 spiro atoms. The fraction of sp³-hybridized carbons (Fsp3) is 1.00. The first-order valence-corrected chi connectivity index (χ1v) is 8.05. The minimum absolute atomic E-state index is 0.186. The second kappa shape index (κ2) is 6.30. The van der Waals surface area contributed by atoms with Crippen LogP contribution < -0.4 is 5.32 Å². The Hall–Kier alpha value is -0.160. The van der Waals surface area contributed by atoms with E-state index < -0.39 is 0 Å². The molecule has 0 aromatic carbocycles. The van der Waals surface area contributed by atoms with Crippen molar-refractivity contribution in [2.75, 3.05) is 53.0 Å². The zero-order chi connectivity index (χ0) is 14.8. The van der Waals surface area contributed by atoms with Crippen LogP contribution in [-0.2, 0) is 4.74 Å². The van der Waals surface area contributed by atoms with Crippen LogP contribution in [0.1, 0.15) is 34.1 Å². The Bertz CT molecular complexity index is 307. The molecule has 2 fully saturated rings. The molecule has 0 amide bonds. The van der Waals surface area contributed by atoms with E-state index in [1.54, 1.807) is 0 Å². The first-order valence-electron chi connectivity index (χ1n) is 8.05. The third-order valence-corrected chi connectivity index (χ3v) is 4.78. The van der Waals surface area contributed by atoms with Crippen molar-refractivity contribution in [1.82, 2.24) is 15.1 Å². The molecule has 2 aliphatic rings. The normalized spacial score (nSPS) is 33.8. The summed E-state index contributed by atoms with van der Waals surface area (Å²) in [5.41, 5.74) is 0.494. The summed E-state index contributed by atoms with van der Waals surface area (Å²) in [4.78, 5) is 5.10. The van der Waals surface area contributed by atoms with Gasteiger partial charge in [-0.25, -0.2) is 0 Å². The van der Waals surface area contributed by atoms with Crippen LogP contribution in [-0.4, -0.2) is 74.4 Å². The monoisotopic (exact) mass is 283 g/mol. The van der Waals surface area contributed by atoms with E-state index in [1.807, 2.05) is 0 Å². The summed E-state index contributed by atoms with van der Waals surface area (Å²) in [7, 11) is 2.23. The van der Waals surface area contributed by atoms with Crippen LogP contribution in [0.2, 0.25) is 0 Å². The van der Waals surface area contributed by atoms with Crippen molar-refractivity contribution in [2.24, 2.45) is 5.41 Å². The lowest BCUT2D eigenvalue weighted by molar-refractivity contribution is 0.0530. The van der Waals surface area contributed by atoms with Crippen molar-refractivity contribution in [3.63, 3.8) is 0 Å². The molecule has 20 heavy (non-hydrogen) atoms. The van der Waals surface area contributed by atoms with Crippen molar-refractivity contribution in [2.45, 2.75) is 45.7 Å². The highest BCUT2D eigenvalue weighted by atomic mass is 16.5. The summed E-state index contributed by atoms with van der Waals surface area (Å²) in [5.74, 6) is 0. The number of nitrogens with zero attached hydrogens (tertiary/aromatic N) is 2. The summed E-state index contributed by atoms with van der Waals surface area (Å²) < 4.78 is 5.74. The first-order chi connectivity index (χ1) is 9.30. The fourth-order valence-electron chi connectivity index (χ4n) is 3.16. The lowest BCUT2D eigenvalue weighted by atomic mass is 9.85. The largest absolute Gasteiger partial charge is 0.381 e. The number of ether oxygens (including phenoxy) is 1. The van der Waals surface area contributed by atoms with Gasteiger partial charge in [-0.3, -0.25) is 4.90 Å². The third kappa shape index (κ3) is 4.42. The Kier molecular flexibility index (Phi) is 5.11. The number of nitrogens with one attached hydrogen (secondary N) is 1. The van der Waals surface area contributed by atoms with Crippen LogP contribution >= 0.6 is 0 Å². The zero-order valence-electron chi connectivity index (χ0n) is 14.0. The molecule has 2 aliphatic heterocycles. The Labute approximate surface area is 124 Å². The van der Waals surface area contributed by atoms with Crippen molar-refractivity contribution in [3.8, 4) is 0 Å². The Morgan fingerprint density at radius 2 is 2.05 bits per heavy atom. The molecule has 118 valence electrons. The second-order valence-corrected chi connectivity index (χ2v) is 7.97. The highest BCUT2D eigenvalue weighted by Crippen LogP contribution is 2.30. The molecule has 1 N–H and O–H groups in total. The SMILES string of the molecule is CC1CN(CC2(CNC(C)(C)C)CCOC2)CCN1C. The summed E-state index contributed by atoms with van der Waals surface area (Å²) in [6, 6.07) is 0.665. The van der Waals surface area contributed by atoms with Gasteiger partial charge < -0.3 is 15.0 Å². The van der Waals surface area contributed by atoms with Gasteiger partial charge in [0, 0.05) is 56.3 Å². The van der Waals surface area contributed by atoms with Crippen molar-refractivity contribution >= 4 is 0 Å².